The first-order valence-electron chi connectivity index (χ1n) is 7.05. The number of nitrogens with zero attached hydrogens (tertiary/aromatic N) is 2. The fraction of sp³-hybridized carbons (Fsp3) is 0.533. The molecule has 2 aromatic heterocycles. The highest BCUT2D eigenvalue weighted by Crippen LogP contribution is 2.22. The van der Waals surface area contributed by atoms with Crippen LogP contribution in [0.15, 0.2) is 16.8 Å². The molecule has 21 heavy (non-hydrogen) atoms. The summed E-state index contributed by atoms with van der Waals surface area (Å²) in [5, 5.41) is 31.2. The monoisotopic (exact) mass is 309 g/mol. The van der Waals surface area contributed by atoms with Gasteiger partial charge in [0, 0.05) is 24.3 Å². The molecule has 2 heterocycles. The minimum Gasteiger partial charge on any atom is -0.394 e. The fourth-order valence-corrected chi connectivity index (χ4v) is 3.19. The summed E-state index contributed by atoms with van der Waals surface area (Å²) in [5.41, 5.74) is 3.21. The van der Waals surface area contributed by atoms with E-state index >= 15 is 0 Å². The van der Waals surface area contributed by atoms with E-state index in [-0.39, 0.29) is 6.61 Å². The SMILES string of the molecule is Cc1nn(CCO)c(C)c1CNCC(C)(O)c1ccsc1. The van der Waals surface area contributed by atoms with E-state index in [1.165, 1.54) is 0 Å². The van der Waals surface area contributed by atoms with Crippen molar-refractivity contribution in [3.8, 4) is 0 Å². The lowest BCUT2D eigenvalue weighted by molar-refractivity contribution is 0.0571. The Bertz CT molecular complexity index is 576. The van der Waals surface area contributed by atoms with Crippen LogP contribution in [0.3, 0.4) is 0 Å². The molecule has 116 valence electrons. The van der Waals surface area contributed by atoms with Gasteiger partial charge in [0.15, 0.2) is 0 Å². The molecule has 1 atom stereocenters. The first-order chi connectivity index (χ1) is 9.95. The van der Waals surface area contributed by atoms with Crippen LogP contribution in [0.2, 0.25) is 0 Å². The number of hydrogen-bond acceptors (Lipinski definition) is 5. The highest BCUT2D eigenvalue weighted by molar-refractivity contribution is 7.08. The van der Waals surface area contributed by atoms with Crippen LogP contribution < -0.4 is 5.32 Å². The summed E-state index contributed by atoms with van der Waals surface area (Å²) in [6.45, 7) is 7.52. The standard InChI is InChI=1S/C15H23N3O2S/c1-11-14(12(2)18(17-11)5-6-19)8-16-10-15(3,20)13-4-7-21-9-13/h4,7,9,16,19-20H,5-6,8,10H2,1-3H3. The van der Waals surface area contributed by atoms with Gasteiger partial charge in [-0.1, -0.05) is 0 Å². The van der Waals surface area contributed by atoms with Gasteiger partial charge in [0.2, 0.25) is 0 Å². The van der Waals surface area contributed by atoms with Crippen LogP contribution in [-0.2, 0) is 18.7 Å². The van der Waals surface area contributed by atoms with Crippen molar-refractivity contribution >= 4 is 11.3 Å². The second-order valence-corrected chi connectivity index (χ2v) is 6.27. The highest BCUT2D eigenvalue weighted by Gasteiger charge is 2.23. The largest absolute Gasteiger partial charge is 0.394 e. The van der Waals surface area contributed by atoms with Gasteiger partial charge in [-0.2, -0.15) is 16.4 Å². The number of thiophene rings is 1. The molecule has 0 saturated heterocycles. The summed E-state index contributed by atoms with van der Waals surface area (Å²) in [5.74, 6) is 0. The Morgan fingerprint density at radius 3 is 2.81 bits per heavy atom. The zero-order valence-electron chi connectivity index (χ0n) is 12.8. The minimum absolute atomic E-state index is 0.0850. The van der Waals surface area contributed by atoms with E-state index in [4.69, 9.17) is 5.11 Å². The Balaban J connectivity index is 1.98. The average Bonchev–Trinajstić information content (AvgIpc) is 3.04. The molecule has 3 N–H and O–H groups in total. The van der Waals surface area contributed by atoms with E-state index in [0.717, 1.165) is 22.5 Å². The summed E-state index contributed by atoms with van der Waals surface area (Å²) >= 11 is 1.59. The van der Waals surface area contributed by atoms with Gasteiger partial charge in [0.05, 0.1) is 24.4 Å². The molecule has 0 fully saturated rings. The van der Waals surface area contributed by atoms with Gasteiger partial charge in [0.1, 0.15) is 0 Å². The van der Waals surface area contributed by atoms with Crippen LogP contribution in [0.25, 0.3) is 0 Å². The molecule has 0 aromatic carbocycles. The van der Waals surface area contributed by atoms with Crippen LogP contribution in [0.4, 0.5) is 0 Å². The molecule has 0 saturated carbocycles. The molecule has 5 nitrogen and oxygen atoms in total. The lowest BCUT2D eigenvalue weighted by Crippen LogP contribution is -2.34. The highest BCUT2D eigenvalue weighted by atomic mass is 32.1. The van der Waals surface area contributed by atoms with Crippen molar-refractivity contribution in [1.29, 1.82) is 0 Å². The van der Waals surface area contributed by atoms with Crippen molar-refractivity contribution in [2.75, 3.05) is 13.2 Å². The quantitative estimate of drug-likeness (QED) is 0.726. The van der Waals surface area contributed by atoms with Crippen molar-refractivity contribution < 1.29 is 10.2 Å². The number of rotatable bonds is 7. The molecule has 0 amide bonds. The molecule has 0 radical (unpaired) electrons. The molecule has 0 aliphatic rings. The van der Waals surface area contributed by atoms with Crippen LogP contribution in [0.5, 0.6) is 0 Å². The summed E-state index contributed by atoms with van der Waals surface area (Å²) < 4.78 is 1.82. The third-order valence-corrected chi connectivity index (χ3v) is 4.44. The van der Waals surface area contributed by atoms with E-state index in [1.54, 1.807) is 11.3 Å². The Morgan fingerprint density at radius 1 is 1.43 bits per heavy atom. The Hall–Kier alpha value is -1.21. The number of aliphatic hydroxyl groups is 2. The molecular formula is C15H23N3O2S. The second-order valence-electron chi connectivity index (χ2n) is 5.49. The predicted molar refractivity (Wildman–Crippen MR) is 84.4 cm³/mol. The molecule has 1 unspecified atom stereocenters. The third-order valence-electron chi connectivity index (χ3n) is 3.76. The van der Waals surface area contributed by atoms with Gasteiger partial charge in [0.25, 0.3) is 0 Å². The van der Waals surface area contributed by atoms with E-state index in [1.807, 2.05) is 42.3 Å². The average molecular weight is 309 g/mol. The summed E-state index contributed by atoms with van der Waals surface area (Å²) in [6.07, 6.45) is 0. The molecule has 0 aliphatic carbocycles. The third kappa shape index (κ3) is 3.71. The van der Waals surface area contributed by atoms with E-state index in [0.29, 0.717) is 19.6 Å². The lowest BCUT2D eigenvalue weighted by atomic mass is 9.99. The maximum Gasteiger partial charge on any atom is 0.1000 e. The van der Waals surface area contributed by atoms with Crippen LogP contribution in [-0.4, -0.2) is 33.1 Å². The molecule has 2 rings (SSSR count). The Labute approximate surface area is 129 Å². The van der Waals surface area contributed by atoms with Gasteiger partial charge in [-0.15, -0.1) is 0 Å². The number of aromatic nitrogens is 2. The van der Waals surface area contributed by atoms with Crippen LogP contribution in [0, 0.1) is 13.8 Å². The number of aliphatic hydroxyl groups excluding tert-OH is 1. The zero-order chi connectivity index (χ0) is 15.5. The first kappa shape index (κ1) is 16.2. The van der Waals surface area contributed by atoms with Crippen molar-refractivity contribution in [2.45, 2.75) is 39.5 Å². The Kier molecular flexibility index (Phi) is 5.16. The van der Waals surface area contributed by atoms with Gasteiger partial charge in [-0.3, -0.25) is 4.68 Å². The molecule has 2 aromatic rings. The summed E-state index contributed by atoms with van der Waals surface area (Å²) in [6, 6.07) is 1.95. The molecular weight excluding hydrogens is 286 g/mol. The molecule has 0 spiro atoms. The number of nitrogens with one attached hydrogen (secondary N) is 1. The molecule has 0 bridgehead atoms. The fourth-order valence-electron chi connectivity index (χ4n) is 2.41. The van der Waals surface area contributed by atoms with Crippen LogP contribution >= 0.6 is 11.3 Å². The Morgan fingerprint density at radius 2 is 2.19 bits per heavy atom. The molecule has 6 heteroatoms. The van der Waals surface area contributed by atoms with E-state index in [2.05, 4.69) is 10.4 Å². The van der Waals surface area contributed by atoms with Gasteiger partial charge >= 0.3 is 0 Å². The maximum atomic E-state index is 10.5. The molecule has 0 aliphatic heterocycles. The predicted octanol–water partition coefficient (Wildman–Crippen LogP) is 1.55. The lowest BCUT2D eigenvalue weighted by Gasteiger charge is -2.23. The van der Waals surface area contributed by atoms with Gasteiger partial charge in [-0.25, -0.2) is 0 Å². The summed E-state index contributed by atoms with van der Waals surface area (Å²) in [4.78, 5) is 0. The second kappa shape index (κ2) is 6.70. The maximum absolute atomic E-state index is 10.5. The van der Waals surface area contributed by atoms with Crippen LogP contribution in [0.1, 0.15) is 29.4 Å². The zero-order valence-corrected chi connectivity index (χ0v) is 13.6. The van der Waals surface area contributed by atoms with Crippen molar-refractivity contribution in [3.63, 3.8) is 0 Å². The smallest absolute Gasteiger partial charge is 0.1000 e. The number of aryl methyl sites for hydroxylation is 1. The van der Waals surface area contributed by atoms with Crippen molar-refractivity contribution in [1.82, 2.24) is 15.1 Å². The van der Waals surface area contributed by atoms with Crippen molar-refractivity contribution in [3.05, 3.63) is 39.3 Å². The topological polar surface area (TPSA) is 70.3 Å². The van der Waals surface area contributed by atoms with E-state index in [9.17, 15) is 5.11 Å². The first-order valence-corrected chi connectivity index (χ1v) is 7.99. The normalized spacial score (nSPS) is 14.3. The van der Waals surface area contributed by atoms with Gasteiger partial charge in [-0.05, 0) is 43.2 Å². The van der Waals surface area contributed by atoms with E-state index < -0.39 is 5.60 Å². The van der Waals surface area contributed by atoms with Crippen molar-refractivity contribution in [2.24, 2.45) is 0 Å². The number of hydrogen-bond donors (Lipinski definition) is 3. The minimum atomic E-state index is -0.872. The van der Waals surface area contributed by atoms with Gasteiger partial charge < -0.3 is 15.5 Å². The summed E-state index contributed by atoms with van der Waals surface area (Å²) in [7, 11) is 0.